The maximum atomic E-state index is 2.34. The maximum Gasteiger partial charge on any atom is -0.0391 e. The Labute approximate surface area is 186 Å². The van der Waals surface area contributed by atoms with Gasteiger partial charge in [-0.15, -0.1) is 0 Å². The second-order valence-electron chi connectivity index (χ2n) is 7.91. The molecule has 0 aromatic carbocycles. The van der Waals surface area contributed by atoms with Crippen LogP contribution in [-0.4, -0.2) is 0 Å². The van der Waals surface area contributed by atoms with Crippen LogP contribution in [0.2, 0.25) is 0 Å². The Hall–Kier alpha value is 0. The van der Waals surface area contributed by atoms with Crippen molar-refractivity contribution >= 4 is 0 Å². The first kappa shape index (κ1) is 42.2. The van der Waals surface area contributed by atoms with Crippen LogP contribution in [-0.2, 0) is 0 Å². The van der Waals surface area contributed by atoms with Crippen LogP contribution < -0.4 is 0 Å². The average Bonchev–Trinajstić information content (AvgIpc) is 3.17. The summed E-state index contributed by atoms with van der Waals surface area (Å²) in [6.07, 6.45) is 13.4. The molecule has 0 atom stereocenters. The summed E-state index contributed by atoms with van der Waals surface area (Å²) < 4.78 is 0. The topological polar surface area (TPSA) is 0 Å². The summed E-state index contributed by atoms with van der Waals surface area (Å²) in [6, 6.07) is 0. The van der Waals surface area contributed by atoms with Gasteiger partial charge in [-0.25, -0.2) is 0 Å². The van der Waals surface area contributed by atoms with Gasteiger partial charge in [0.2, 0.25) is 0 Å². The Kier molecular flexibility index (Phi) is 47.7. The summed E-state index contributed by atoms with van der Waals surface area (Å²) in [6.45, 7) is 23.6. The highest BCUT2D eigenvalue weighted by Crippen LogP contribution is 2.32. The lowest BCUT2D eigenvalue weighted by atomic mass is 9.78. The van der Waals surface area contributed by atoms with Gasteiger partial charge >= 0.3 is 0 Å². The number of hydrogen-bond acceptors (Lipinski definition) is 0. The highest BCUT2D eigenvalue weighted by Gasteiger charge is 2.19. The molecule has 180 valence electrons. The molecule has 0 aliphatic heterocycles. The van der Waals surface area contributed by atoms with Gasteiger partial charge in [-0.2, -0.15) is 0 Å². The van der Waals surface area contributed by atoms with Crippen LogP contribution in [0.3, 0.4) is 0 Å². The molecule has 0 aromatic rings. The fourth-order valence-corrected chi connectivity index (χ4v) is 2.90. The van der Waals surface area contributed by atoms with E-state index in [1.165, 1.54) is 57.8 Å². The zero-order valence-electron chi connectivity index (χ0n) is 20.3. The smallest absolute Gasteiger partial charge is 0.0391 e. The van der Waals surface area contributed by atoms with E-state index in [1.54, 1.807) is 0 Å². The Morgan fingerprint density at radius 3 is 0.750 bits per heavy atom. The third-order valence-corrected chi connectivity index (χ3v) is 5.30. The predicted octanol–water partition coefficient (Wildman–Crippen LogP) is 11.7. The van der Waals surface area contributed by atoms with E-state index < -0.39 is 0 Å². The molecule has 3 rings (SSSR count). The van der Waals surface area contributed by atoms with Crippen LogP contribution in [0.4, 0.5) is 0 Å². The highest BCUT2D eigenvalue weighted by atomic mass is 14.3. The van der Waals surface area contributed by atoms with E-state index >= 15 is 0 Å². The Bertz CT molecular complexity index is 202. The van der Waals surface area contributed by atoms with E-state index in [-0.39, 0.29) is 22.3 Å². The molecule has 3 saturated carbocycles. The first-order valence-corrected chi connectivity index (χ1v) is 12.0. The second-order valence-corrected chi connectivity index (χ2v) is 7.91. The number of hydrogen-bond donors (Lipinski definition) is 0. The molecule has 3 aliphatic carbocycles. The van der Waals surface area contributed by atoms with Crippen molar-refractivity contribution in [1.82, 2.24) is 0 Å². The van der Waals surface area contributed by atoms with Gasteiger partial charge in [-0.3, -0.25) is 0 Å². The highest BCUT2D eigenvalue weighted by molar-refractivity contribution is 4.71. The molecule has 0 nitrogen and oxygen atoms in total. The van der Waals surface area contributed by atoms with Crippen molar-refractivity contribution in [3.63, 3.8) is 0 Å². The van der Waals surface area contributed by atoms with E-state index in [4.69, 9.17) is 0 Å². The summed E-state index contributed by atoms with van der Waals surface area (Å²) in [5, 5.41) is 0. The Morgan fingerprint density at radius 1 is 0.464 bits per heavy atom. The molecule has 0 heterocycles. The van der Waals surface area contributed by atoms with Crippen molar-refractivity contribution in [2.45, 2.75) is 156 Å². The van der Waals surface area contributed by atoms with Crippen LogP contribution in [0.25, 0.3) is 0 Å². The van der Waals surface area contributed by atoms with E-state index in [9.17, 15) is 0 Å². The fourth-order valence-electron chi connectivity index (χ4n) is 2.90. The van der Waals surface area contributed by atoms with Gasteiger partial charge in [0.25, 0.3) is 0 Å². The molecular formula is C28H68. The Balaban J connectivity index is -0.0000000558. The van der Waals surface area contributed by atoms with Crippen LogP contribution in [0.5, 0.6) is 0 Å². The third kappa shape index (κ3) is 28.2. The second kappa shape index (κ2) is 31.7. The van der Waals surface area contributed by atoms with Crippen molar-refractivity contribution in [1.29, 1.82) is 0 Å². The minimum Gasteiger partial charge on any atom is -0.0776 e. The maximum absolute atomic E-state index is 2.34. The molecule has 3 aliphatic rings. The SMILES string of the molecule is C.C.C.CC.CC.CC.CC(C)C1CCC1.CC(C)C1CCCC1.CC1CC1. The zero-order valence-corrected chi connectivity index (χ0v) is 20.3. The molecule has 0 saturated heterocycles. The van der Waals surface area contributed by atoms with Crippen LogP contribution >= 0.6 is 0 Å². The first-order valence-electron chi connectivity index (χ1n) is 12.0. The molecule has 0 unspecified atom stereocenters. The van der Waals surface area contributed by atoms with Gasteiger partial charge in [-0.1, -0.05) is 156 Å². The van der Waals surface area contributed by atoms with Gasteiger partial charge in [0.1, 0.15) is 0 Å². The van der Waals surface area contributed by atoms with Gasteiger partial charge in [0.15, 0.2) is 0 Å². The van der Waals surface area contributed by atoms with E-state index in [1.807, 2.05) is 41.5 Å². The van der Waals surface area contributed by atoms with Crippen molar-refractivity contribution < 1.29 is 0 Å². The lowest BCUT2D eigenvalue weighted by molar-refractivity contribution is 0.235. The molecule has 0 radical (unpaired) electrons. The molecule has 0 bridgehead atoms. The molecule has 28 heavy (non-hydrogen) atoms. The van der Waals surface area contributed by atoms with Crippen molar-refractivity contribution in [3.05, 3.63) is 0 Å². The molecular weight excluding hydrogens is 336 g/mol. The fraction of sp³-hybridized carbons (Fsp3) is 1.00. The van der Waals surface area contributed by atoms with Gasteiger partial charge < -0.3 is 0 Å². The van der Waals surface area contributed by atoms with Gasteiger partial charge in [-0.05, 0) is 29.6 Å². The molecule has 0 N–H and O–H groups in total. The standard InChI is InChI=1S/C8H16.C7H14.C4H8.3C2H6.3CH4/c1-7(2)8-5-3-4-6-8;1-6(2)7-4-3-5-7;1-4-2-3-4;3*1-2;;;/h7-8H,3-6H2,1-2H3;6-7H,3-5H2,1-2H3;4H,2-3H2,1H3;3*1-2H3;3*1H4. The van der Waals surface area contributed by atoms with Crippen LogP contribution in [0, 0.1) is 29.6 Å². The van der Waals surface area contributed by atoms with Crippen LogP contribution in [0.1, 0.15) is 156 Å². The minimum atomic E-state index is 0. The quantitative estimate of drug-likeness (QED) is 0.429. The molecule has 0 aromatic heterocycles. The van der Waals surface area contributed by atoms with Crippen molar-refractivity contribution in [3.8, 4) is 0 Å². The molecule has 0 spiro atoms. The van der Waals surface area contributed by atoms with E-state index in [2.05, 4.69) is 34.6 Å². The Morgan fingerprint density at radius 2 is 0.679 bits per heavy atom. The van der Waals surface area contributed by atoms with Crippen molar-refractivity contribution in [2.24, 2.45) is 29.6 Å². The van der Waals surface area contributed by atoms with E-state index in [0.717, 1.165) is 29.6 Å². The zero-order chi connectivity index (χ0) is 20.3. The normalized spacial score (nSPS) is 16.6. The van der Waals surface area contributed by atoms with E-state index in [0.29, 0.717) is 0 Å². The molecule has 0 amide bonds. The summed E-state index contributed by atoms with van der Waals surface area (Å²) in [4.78, 5) is 0. The molecule has 3 fully saturated rings. The van der Waals surface area contributed by atoms with Crippen LogP contribution in [0.15, 0.2) is 0 Å². The summed E-state index contributed by atoms with van der Waals surface area (Å²) >= 11 is 0. The lowest BCUT2D eigenvalue weighted by Gasteiger charge is -2.28. The monoisotopic (exact) mass is 405 g/mol. The number of rotatable bonds is 2. The molecule has 0 heteroatoms. The third-order valence-electron chi connectivity index (χ3n) is 5.30. The lowest BCUT2D eigenvalue weighted by Crippen LogP contribution is -2.16. The van der Waals surface area contributed by atoms with Gasteiger partial charge in [0.05, 0.1) is 0 Å². The summed E-state index contributed by atoms with van der Waals surface area (Å²) in [7, 11) is 0. The predicted molar refractivity (Wildman–Crippen MR) is 142 cm³/mol. The minimum absolute atomic E-state index is 0. The largest absolute Gasteiger partial charge is 0.0776 e. The summed E-state index contributed by atoms with van der Waals surface area (Å²) in [5.41, 5.74) is 0. The van der Waals surface area contributed by atoms with Gasteiger partial charge in [0, 0.05) is 0 Å². The average molecular weight is 405 g/mol. The summed E-state index contributed by atoms with van der Waals surface area (Å²) in [5.74, 6) is 5.13. The first-order chi connectivity index (χ1) is 12.0. The van der Waals surface area contributed by atoms with Crippen molar-refractivity contribution in [2.75, 3.05) is 0 Å².